The molecular formula is C51H22Cl4N8O4S5. The molecule has 0 bridgehead atoms. The fourth-order valence-electron chi connectivity index (χ4n) is 8.59. The Morgan fingerprint density at radius 2 is 0.931 bits per heavy atom. The molecule has 2 aromatic carbocycles. The monoisotopic (exact) mass is 1110 g/mol. The van der Waals surface area contributed by atoms with Crippen molar-refractivity contribution < 1.29 is 19.1 Å². The van der Waals surface area contributed by atoms with E-state index in [0.29, 0.717) is 43.3 Å². The second-order valence-electron chi connectivity index (χ2n) is 16.4. The largest absolute Gasteiger partial charge is 0.495 e. The molecule has 0 spiro atoms. The number of nitrogens with zero attached hydrogens (tertiary/aromatic N) is 8. The predicted molar refractivity (Wildman–Crippen MR) is 286 cm³/mol. The van der Waals surface area contributed by atoms with Gasteiger partial charge in [0.25, 0.3) is 0 Å². The fourth-order valence-corrected chi connectivity index (χ4v) is 15.7. The number of Topliss-reactive ketones (excluding diaryl/α,β-unsaturated/α-hetero) is 2. The Balaban J connectivity index is 0.965. The van der Waals surface area contributed by atoms with Crippen LogP contribution in [0.2, 0.25) is 20.1 Å². The van der Waals surface area contributed by atoms with Crippen molar-refractivity contribution in [3.8, 4) is 65.0 Å². The number of benzene rings is 2. The van der Waals surface area contributed by atoms with Crippen LogP contribution in [-0.4, -0.2) is 45.7 Å². The summed E-state index contributed by atoms with van der Waals surface area (Å²) in [7, 11) is 3.15. The highest BCUT2D eigenvalue weighted by Gasteiger charge is 2.40. The first kappa shape index (κ1) is 47.6. The highest BCUT2D eigenvalue weighted by atomic mass is 35.5. The lowest BCUT2D eigenvalue weighted by molar-refractivity contribution is 0.103. The van der Waals surface area contributed by atoms with E-state index in [4.69, 9.17) is 55.9 Å². The van der Waals surface area contributed by atoms with Gasteiger partial charge in [-0.15, -0.1) is 57.1 Å². The van der Waals surface area contributed by atoms with Crippen molar-refractivity contribution in [3.63, 3.8) is 0 Å². The number of halogens is 4. The number of allylic oxidation sites excluding steroid dienone is 6. The first-order chi connectivity index (χ1) is 34.6. The lowest BCUT2D eigenvalue weighted by Crippen LogP contribution is -2.14. The van der Waals surface area contributed by atoms with Gasteiger partial charge >= 0.3 is 0 Å². The van der Waals surface area contributed by atoms with Gasteiger partial charge < -0.3 is 9.47 Å². The van der Waals surface area contributed by atoms with Crippen LogP contribution in [0, 0.1) is 45.3 Å². The molecule has 0 fully saturated rings. The number of carbonyl (C=O) groups is 2. The fraction of sp³-hybridized carbons (Fsp3) is 0.0980. The molecular weight excluding hydrogens is 1090 g/mol. The first-order valence-corrected chi connectivity index (χ1v) is 26.5. The van der Waals surface area contributed by atoms with Gasteiger partial charge in [0.2, 0.25) is 11.6 Å². The molecule has 0 radical (unpaired) electrons. The highest BCUT2D eigenvalue weighted by Crippen LogP contribution is 2.61. The van der Waals surface area contributed by atoms with Crippen LogP contribution in [0.3, 0.4) is 0 Å². The van der Waals surface area contributed by atoms with Crippen LogP contribution >= 0.6 is 104 Å². The zero-order valence-corrected chi connectivity index (χ0v) is 44.1. The highest BCUT2D eigenvalue weighted by molar-refractivity contribution is 8.00. The van der Waals surface area contributed by atoms with Crippen molar-refractivity contribution in [2.75, 3.05) is 14.2 Å². The minimum absolute atomic E-state index is 0.00756. The van der Waals surface area contributed by atoms with Gasteiger partial charge in [0.1, 0.15) is 69.7 Å². The molecule has 0 atom stereocenters. The average Bonchev–Trinajstić information content (AvgIpc) is 4.22. The summed E-state index contributed by atoms with van der Waals surface area (Å²) in [5, 5.41) is 41.1. The minimum Gasteiger partial charge on any atom is -0.495 e. The van der Waals surface area contributed by atoms with Crippen molar-refractivity contribution in [2.24, 2.45) is 0 Å². The number of rotatable bonds is 6. The molecule has 7 heterocycles. The SMILES string of the molecule is COc1cc(/C=C2\C(=O)c3nc4cc(Cl)c(Cl)cc4nc3C2=C(C#N)C#N)sc1-c1cc2c(s1)-c1sc(-c3sc(/C=C4\C(=O)c5nc6cc(Cl)c(Cl)cc6nc5C4=C(C#N)C#N)cc3OC)cc1C(C)(C)S2. The van der Waals surface area contributed by atoms with Crippen LogP contribution in [0.25, 0.3) is 74.6 Å². The molecule has 0 unspecified atom stereocenters. The smallest absolute Gasteiger partial charge is 0.214 e. The molecule has 6 aromatic heterocycles. The number of methoxy groups -OCH3 is 2. The third-order valence-electron chi connectivity index (χ3n) is 11.8. The summed E-state index contributed by atoms with van der Waals surface area (Å²) in [5.41, 5.74) is 2.46. The number of thioether (sulfide) groups is 1. The van der Waals surface area contributed by atoms with E-state index in [9.17, 15) is 30.6 Å². The van der Waals surface area contributed by atoms with Gasteiger partial charge in [0, 0.05) is 51.4 Å². The Bertz CT molecular complexity index is 4150. The van der Waals surface area contributed by atoms with Gasteiger partial charge in [0.05, 0.1) is 75.9 Å². The van der Waals surface area contributed by atoms with E-state index in [-0.39, 0.29) is 81.1 Å². The van der Waals surface area contributed by atoms with Crippen LogP contribution in [0.5, 0.6) is 11.5 Å². The van der Waals surface area contributed by atoms with Crippen LogP contribution in [0.15, 0.2) is 75.7 Å². The molecule has 11 rings (SSSR count). The van der Waals surface area contributed by atoms with Crippen molar-refractivity contribution in [1.82, 2.24) is 19.9 Å². The zero-order chi connectivity index (χ0) is 50.7. The second-order valence-corrected chi connectivity index (χ2v) is 24.0. The molecule has 0 saturated carbocycles. The van der Waals surface area contributed by atoms with Gasteiger partial charge in [-0.1, -0.05) is 46.4 Å². The van der Waals surface area contributed by atoms with Gasteiger partial charge in [0.15, 0.2) is 0 Å². The van der Waals surface area contributed by atoms with Gasteiger partial charge in [-0.05, 0) is 80.1 Å². The van der Waals surface area contributed by atoms with Gasteiger partial charge in [-0.25, -0.2) is 19.9 Å². The Hall–Kier alpha value is -6.71. The summed E-state index contributed by atoms with van der Waals surface area (Å²) in [6.07, 6.45) is 3.27. The number of ketones is 2. The first-order valence-electron chi connectivity index (χ1n) is 20.9. The minimum atomic E-state index is -0.498. The van der Waals surface area contributed by atoms with E-state index in [0.717, 1.165) is 39.7 Å². The average molecular weight is 1110 g/mol. The summed E-state index contributed by atoms with van der Waals surface area (Å²) in [5.74, 6) is 0.142. The molecule has 1 aliphatic heterocycles. The summed E-state index contributed by atoms with van der Waals surface area (Å²) in [4.78, 5) is 54.6. The zero-order valence-electron chi connectivity index (χ0n) is 37.0. The Kier molecular flexibility index (Phi) is 11.8. The maximum Gasteiger partial charge on any atom is 0.214 e. The van der Waals surface area contributed by atoms with E-state index in [1.807, 2.05) is 36.4 Å². The third-order valence-corrected chi connectivity index (χ3v) is 19.6. The number of carbonyl (C=O) groups excluding carboxylic acids is 2. The number of hydrogen-bond acceptors (Lipinski definition) is 17. The molecule has 0 amide bonds. The third kappa shape index (κ3) is 7.55. The number of nitriles is 4. The molecule has 12 nitrogen and oxygen atoms in total. The Morgan fingerprint density at radius 3 is 1.33 bits per heavy atom. The summed E-state index contributed by atoms with van der Waals surface area (Å²) in [6, 6.07) is 21.7. The molecule has 2 aliphatic carbocycles. The van der Waals surface area contributed by atoms with Gasteiger partial charge in [-0.2, -0.15) is 21.0 Å². The maximum absolute atomic E-state index is 14.1. The van der Waals surface area contributed by atoms with Crippen molar-refractivity contribution >= 4 is 160 Å². The van der Waals surface area contributed by atoms with Crippen LogP contribution in [0.1, 0.15) is 61.5 Å². The molecule has 3 aliphatic rings. The van der Waals surface area contributed by atoms with Crippen LogP contribution in [0.4, 0.5) is 0 Å². The van der Waals surface area contributed by atoms with E-state index in [1.54, 1.807) is 60.8 Å². The lowest BCUT2D eigenvalue weighted by atomic mass is 10.0. The molecule has 72 heavy (non-hydrogen) atoms. The van der Waals surface area contributed by atoms with Crippen LogP contribution < -0.4 is 9.47 Å². The van der Waals surface area contributed by atoms with E-state index >= 15 is 0 Å². The van der Waals surface area contributed by atoms with Crippen molar-refractivity contribution in [1.29, 1.82) is 21.0 Å². The Labute approximate surface area is 448 Å². The number of hydrogen-bond donors (Lipinski definition) is 0. The standard InChI is InChI=1S/C51H22Cl4N8O4S5/c1-51(2)25-9-36(48-34(66-3)7-21(68-48)5-23-39(19(15-56)16-57)41-43(45(23)64)62-32-12-28(54)26(52)10-30(32)60-41)70-47(25)50-38(72-51)14-37(71-50)49-35(67-4)8-22(69-49)6-24-40(20(17-58)18-59)42-44(46(24)65)63-33-13-29(55)27(53)11-31(33)61-42/h5-14H,1-4H3/b23-5-,24-6-. The van der Waals surface area contributed by atoms with Crippen molar-refractivity contribution in [3.05, 3.63) is 129 Å². The maximum atomic E-state index is 14.1. The van der Waals surface area contributed by atoms with Crippen LogP contribution in [-0.2, 0) is 4.75 Å². The number of ether oxygens (including phenoxy) is 2. The van der Waals surface area contributed by atoms with E-state index < -0.39 is 11.6 Å². The van der Waals surface area contributed by atoms with Gasteiger partial charge in [-0.3, -0.25) is 9.59 Å². The molecule has 8 aromatic rings. The summed E-state index contributed by atoms with van der Waals surface area (Å²) in [6.45, 7) is 4.34. The second kappa shape index (κ2) is 17.8. The molecule has 348 valence electrons. The Morgan fingerprint density at radius 1 is 0.542 bits per heavy atom. The number of thiophene rings is 4. The topological polar surface area (TPSA) is 199 Å². The van der Waals surface area contributed by atoms with E-state index in [2.05, 4.69) is 45.9 Å². The number of aromatic nitrogens is 4. The quantitative estimate of drug-likeness (QED) is 0.113. The molecule has 0 saturated heterocycles. The summed E-state index contributed by atoms with van der Waals surface area (Å²) >= 11 is 32.8. The molecule has 0 N–H and O–H groups in total. The van der Waals surface area contributed by atoms with Crippen molar-refractivity contribution in [2.45, 2.75) is 23.5 Å². The summed E-state index contributed by atoms with van der Waals surface area (Å²) < 4.78 is 11.5. The normalized spacial score (nSPS) is 15.3. The molecule has 21 heteroatoms. The number of fused-ring (bicyclic) bond motifs is 7. The predicted octanol–water partition coefficient (Wildman–Crippen LogP) is 15.0. The van der Waals surface area contributed by atoms with E-state index in [1.165, 1.54) is 46.9 Å². The lowest BCUT2D eigenvalue weighted by Gasteiger charge is -2.29.